The van der Waals surface area contributed by atoms with Crippen molar-refractivity contribution in [2.45, 2.75) is 19.8 Å². The summed E-state index contributed by atoms with van der Waals surface area (Å²) >= 11 is 0. The monoisotopic (exact) mass is 241 g/mol. The van der Waals surface area contributed by atoms with Crippen LogP contribution in [0.25, 0.3) is 0 Å². The van der Waals surface area contributed by atoms with Gasteiger partial charge >= 0.3 is 0 Å². The van der Waals surface area contributed by atoms with Crippen LogP contribution in [-0.2, 0) is 16.0 Å². The molecular weight excluding hydrogens is 222 g/mol. The first-order valence-electron chi connectivity index (χ1n) is 5.46. The number of hydrogen-bond acceptors (Lipinski definition) is 5. The average Bonchev–Trinajstić information content (AvgIpc) is 2.36. The van der Waals surface area contributed by atoms with Gasteiger partial charge in [0.25, 0.3) is 5.56 Å². The molecule has 0 saturated carbocycles. The van der Waals surface area contributed by atoms with E-state index in [1.54, 1.807) is 12.3 Å². The molecule has 1 rings (SSSR count). The zero-order chi connectivity index (χ0) is 12.8. The third kappa shape index (κ3) is 3.54. The van der Waals surface area contributed by atoms with Crippen LogP contribution in [0.15, 0.2) is 17.1 Å². The van der Waals surface area contributed by atoms with E-state index in [-0.39, 0.29) is 12.1 Å². The Labute approximate surface area is 101 Å². The highest BCUT2D eigenvalue weighted by molar-refractivity contribution is 5.41. The van der Waals surface area contributed by atoms with Crippen molar-refractivity contribution < 1.29 is 9.47 Å². The van der Waals surface area contributed by atoms with Crippen LogP contribution in [-0.4, -0.2) is 43.9 Å². The molecule has 0 bridgehead atoms. The van der Waals surface area contributed by atoms with Gasteiger partial charge in [-0.25, -0.2) is 4.68 Å². The smallest absolute Gasteiger partial charge is 0.268 e. The molecule has 0 fully saturated rings. The van der Waals surface area contributed by atoms with Crippen molar-refractivity contribution in [3.63, 3.8) is 0 Å². The van der Waals surface area contributed by atoms with Crippen LogP contribution in [0.4, 0.5) is 5.69 Å². The van der Waals surface area contributed by atoms with Gasteiger partial charge in [-0.15, -0.1) is 0 Å². The summed E-state index contributed by atoms with van der Waals surface area (Å²) in [6.07, 6.45) is 1.20. The lowest BCUT2D eigenvalue weighted by atomic mass is 10.4. The first-order chi connectivity index (χ1) is 8.12. The summed E-state index contributed by atoms with van der Waals surface area (Å²) in [6, 6.07) is 1.55. The Kier molecular flexibility index (Phi) is 5.11. The minimum absolute atomic E-state index is 0.165. The maximum atomic E-state index is 11.8. The van der Waals surface area contributed by atoms with Crippen LogP contribution >= 0.6 is 0 Å². The molecule has 96 valence electrons. The summed E-state index contributed by atoms with van der Waals surface area (Å²) < 4.78 is 11.4. The highest BCUT2D eigenvalue weighted by atomic mass is 16.7. The molecular formula is C11H19N3O3. The van der Waals surface area contributed by atoms with E-state index in [1.165, 1.54) is 18.9 Å². The Morgan fingerprint density at radius 2 is 2.12 bits per heavy atom. The first kappa shape index (κ1) is 13.7. The molecule has 0 saturated heterocycles. The molecule has 0 aliphatic carbocycles. The van der Waals surface area contributed by atoms with Crippen molar-refractivity contribution in [3.8, 4) is 0 Å². The van der Waals surface area contributed by atoms with Gasteiger partial charge in [-0.05, 0) is 6.92 Å². The first-order valence-corrected chi connectivity index (χ1v) is 5.46. The largest absolute Gasteiger partial charge is 0.373 e. The lowest BCUT2D eigenvalue weighted by molar-refractivity contribution is -0.113. The van der Waals surface area contributed by atoms with Crippen molar-refractivity contribution in [1.82, 2.24) is 9.78 Å². The number of ether oxygens (including phenoxy) is 2. The second-order valence-corrected chi connectivity index (χ2v) is 3.65. The minimum atomic E-state index is -0.463. The summed E-state index contributed by atoms with van der Waals surface area (Å²) in [4.78, 5) is 13.7. The fourth-order valence-electron chi connectivity index (χ4n) is 1.34. The minimum Gasteiger partial charge on any atom is -0.373 e. The number of rotatable bonds is 6. The molecule has 17 heavy (non-hydrogen) atoms. The Bertz CT molecular complexity index is 401. The van der Waals surface area contributed by atoms with Crippen molar-refractivity contribution in [2.24, 2.45) is 0 Å². The average molecular weight is 241 g/mol. The normalized spacial score (nSPS) is 10.9. The molecule has 0 amide bonds. The predicted molar refractivity (Wildman–Crippen MR) is 65.2 cm³/mol. The highest BCUT2D eigenvalue weighted by Crippen LogP contribution is 2.06. The van der Waals surface area contributed by atoms with Gasteiger partial charge in [0.2, 0.25) is 0 Å². The molecule has 0 aliphatic heterocycles. The van der Waals surface area contributed by atoms with E-state index < -0.39 is 6.29 Å². The van der Waals surface area contributed by atoms with Gasteiger partial charge in [-0.1, -0.05) is 0 Å². The van der Waals surface area contributed by atoms with Gasteiger partial charge in [0.05, 0.1) is 18.4 Å². The van der Waals surface area contributed by atoms with E-state index in [0.717, 1.165) is 12.2 Å². The predicted octanol–water partition coefficient (Wildman–Crippen LogP) is 0.318. The maximum absolute atomic E-state index is 11.8. The van der Waals surface area contributed by atoms with Crippen molar-refractivity contribution in [3.05, 3.63) is 22.6 Å². The molecule has 0 N–H and O–H groups in total. The van der Waals surface area contributed by atoms with E-state index in [0.29, 0.717) is 0 Å². The van der Waals surface area contributed by atoms with Crippen LogP contribution in [0.2, 0.25) is 0 Å². The fourth-order valence-corrected chi connectivity index (χ4v) is 1.34. The zero-order valence-corrected chi connectivity index (χ0v) is 10.7. The SMILES string of the molecule is CCN(C)c1cnn(CC(OC)OC)c(=O)c1. The van der Waals surface area contributed by atoms with Crippen LogP contribution in [0.3, 0.4) is 0 Å². The van der Waals surface area contributed by atoms with Crippen molar-refractivity contribution >= 4 is 5.69 Å². The lowest BCUT2D eigenvalue weighted by Gasteiger charge is -2.17. The molecule has 0 unspecified atom stereocenters. The van der Waals surface area contributed by atoms with E-state index in [4.69, 9.17) is 9.47 Å². The van der Waals surface area contributed by atoms with Crippen LogP contribution in [0.1, 0.15) is 6.92 Å². The molecule has 0 radical (unpaired) electrons. The van der Waals surface area contributed by atoms with Gasteiger partial charge in [0.1, 0.15) is 0 Å². The summed E-state index contributed by atoms with van der Waals surface area (Å²) in [5.41, 5.74) is 0.641. The molecule has 0 spiro atoms. The molecule has 0 atom stereocenters. The third-order valence-corrected chi connectivity index (χ3v) is 2.62. The van der Waals surface area contributed by atoms with E-state index in [2.05, 4.69) is 5.10 Å². The Balaban J connectivity index is 2.86. The topological polar surface area (TPSA) is 56.6 Å². The summed E-state index contributed by atoms with van der Waals surface area (Å²) in [6.45, 7) is 3.11. The van der Waals surface area contributed by atoms with Crippen LogP contribution in [0, 0.1) is 0 Å². The summed E-state index contributed by atoms with van der Waals surface area (Å²) in [7, 11) is 4.96. The molecule has 1 aromatic rings. The second-order valence-electron chi connectivity index (χ2n) is 3.65. The molecule has 1 heterocycles. The zero-order valence-electron chi connectivity index (χ0n) is 10.7. The van der Waals surface area contributed by atoms with E-state index in [1.807, 2.05) is 18.9 Å². The van der Waals surface area contributed by atoms with Gasteiger partial charge in [0, 0.05) is 33.9 Å². The molecule has 6 nitrogen and oxygen atoms in total. The number of anilines is 1. The summed E-state index contributed by atoms with van der Waals surface area (Å²) in [5, 5.41) is 4.09. The van der Waals surface area contributed by atoms with Gasteiger partial charge in [-0.3, -0.25) is 4.79 Å². The van der Waals surface area contributed by atoms with Gasteiger partial charge < -0.3 is 14.4 Å². The summed E-state index contributed by atoms with van der Waals surface area (Å²) in [5.74, 6) is 0. The molecule has 0 aromatic carbocycles. The molecule has 0 aliphatic rings. The fraction of sp³-hybridized carbons (Fsp3) is 0.636. The van der Waals surface area contributed by atoms with Crippen molar-refractivity contribution in [2.75, 3.05) is 32.7 Å². The van der Waals surface area contributed by atoms with Crippen LogP contribution in [0.5, 0.6) is 0 Å². The number of nitrogens with zero attached hydrogens (tertiary/aromatic N) is 3. The number of hydrogen-bond donors (Lipinski definition) is 0. The number of methoxy groups -OCH3 is 2. The highest BCUT2D eigenvalue weighted by Gasteiger charge is 2.09. The van der Waals surface area contributed by atoms with Gasteiger partial charge in [-0.2, -0.15) is 5.10 Å². The third-order valence-electron chi connectivity index (χ3n) is 2.62. The number of aromatic nitrogens is 2. The van der Waals surface area contributed by atoms with Crippen molar-refractivity contribution in [1.29, 1.82) is 0 Å². The van der Waals surface area contributed by atoms with Gasteiger partial charge in [0.15, 0.2) is 6.29 Å². The second kappa shape index (κ2) is 6.36. The van der Waals surface area contributed by atoms with Crippen LogP contribution < -0.4 is 10.5 Å². The Morgan fingerprint density at radius 3 is 2.59 bits per heavy atom. The Morgan fingerprint density at radius 1 is 1.47 bits per heavy atom. The molecule has 1 aromatic heterocycles. The Hall–Kier alpha value is -1.40. The quantitative estimate of drug-likeness (QED) is 0.671. The van der Waals surface area contributed by atoms with E-state index >= 15 is 0 Å². The maximum Gasteiger partial charge on any atom is 0.268 e. The lowest BCUT2D eigenvalue weighted by Crippen LogP contribution is -2.31. The molecule has 6 heteroatoms. The standard InChI is InChI=1S/C11H19N3O3/c1-5-13(2)9-6-10(15)14(12-7-9)8-11(16-3)17-4/h6-7,11H,5,8H2,1-4H3. The van der Waals surface area contributed by atoms with E-state index in [9.17, 15) is 4.79 Å².